The third-order valence-corrected chi connectivity index (χ3v) is 4.76. The molecule has 1 aromatic heterocycles. The number of H-pyrrole nitrogens is 1. The first-order chi connectivity index (χ1) is 9.74. The molecule has 2 unspecified atom stereocenters. The van der Waals surface area contributed by atoms with E-state index >= 15 is 0 Å². The summed E-state index contributed by atoms with van der Waals surface area (Å²) in [5.74, 6) is 0. The molecule has 20 heavy (non-hydrogen) atoms. The summed E-state index contributed by atoms with van der Waals surface area (Å²) in [6.45, 7) is 5.84. The van der Waals surface area contributed by atoms with Gasteiger partial charge in [0, 0.05) is 30.4 Å². The van der Waals surface area contributed by atoms with Gasteiger partial charge in [0.25, 0.3) is 0 Å². The summed E-state index contributed by atoms with van der Waals surface area (Å²) < 4.78 is 0. The van der Waals surface area contributed by atoms with Crippen molar-refractivity contribution in [3.63, 3.8) is 0 Å². The molecule has 2 aliphatic rings. The molecule has 2 atom stereocenters. The van der Waals surface area contributed by atoms with Gasteiger partial charge in [-0.25, -0.2) is 0 Å². The van der Waals surface area contributed by atoms with E-state index in [-0.39, 0.29) is 5.56 Å². The van der Waals surface area contributed by atoms with Crippen molar-refractivity contribution in [1.29, 1.82) is 0 Å². The predicted octanol–water partition coefficient (Wildman–Crippen LogP) is 1.83. The lowest BCUT2D eigenvalue weighted by Crippen LogP contribution is -2.40. The quantitative estimate of drug-likeness (QED) is 0.881. The van der Waals surface area contributed by atoms with Crippen LogP contribution in [0.3, 0.4) is 0 Å². The number of rotatable bonds is 4. The molecule has 0 amide bonds. The van der Waals surface area contributed by atoms with E-state index in [1.165, 1.54) is 37.9 Å². The number of nitrogens with one attached hydrogen (secondary N) is 2. The zero-order chi connectivity index (χ0) is 13.9. The van der Waals surface area contributed by atoms with Gasteiger partial charge in [-0.15, -0.1) is 0 Å². The average Bonchev–Trinajstić information content (AvgIpc) is 2.98. The number of hydrogen-bond acceptors (Lipinski definition) is 3. The van der Waals surface area contributed by atoms with Gasteiger partial charge in [-0.1, -0.05) is 6.07 Å². The zero-order valence-corrected chi connectivity index (χ0v) is 12.3. The topological polar surface area (TPSA) is 48.1 Å². The van der Waals surface area contributed by atoms with E-state index in [0.29, 0.717) is 12.1 Å². The van der Waals surface area contributed by atoms with Crippen molar-refractivity contribution >= 4 is 0 Å². The highest BCUT2D eigenvalue weighted by molar-refractivity contribution is 5.26. The van der Waals surface area contributed by atoms with Crippen LogP contribution in [-0.2, 0) is 6.42 Å². The second-order valence-corrected chi connectivity index (χ2v) is 6.20. The lowest BCUT2D eigenvalue weighted by molar-refractivity contribution is 0.243. The highest BCUT2D eigenvalue weighted by Gasteiger charge is 2.23. The van der Waals surface area contributed by atoms with Crippen molar-refractivity contribution in [1.82, 2.24) is 15.2 Å². The molecule has 1 saturated heterocycles. The number of aromatic nitrogens is 1. The summed E-state index contributed by atoms with van der Waals surface area (Å²) in [4.78, 5) is 17.0. The molecular formula is C16H25N3O. The number of pyridine rings is 1. The maximum atomic E-state index is 11.4. The van der Waals surface area contributed by atoms with E-state index < -0.39 is 0 Å². The van der Waals surface area contributed by atoms with Crippen LogP contribution in [0.5, 0.6) is 0 Å². The first kappa shape index (κ1) is 13.8. The van der Waals surface area contributed by atoms with Gasteiger partial charge in [-0.2, -0.15) is 0 Å². The molecule has 0 bridgehead atoms. The minimum absolute atomic E-state index is 0.0230. The number of likely N-dealkylation sites (tertiary alicyclic amines) is 1. The molecule has 1 aromatic rings. The Morgan fingerprint density at radius 3 is 2.95 bits per heavy atom. The molecule has 0 radical (unpaired) electrons. The first-order valence-electron chi connectivity index (χ1n) is 7.93. The lowest BCUT2D eigenvalue weighted by Gasteiger charge is -2.30. The van der Waals surface area contributed by atoms with E-state index in [1.54, 1.807) is 6.07 Å². The summed E-state index contributed by atoms with van der Waals surface area (Å²) >= 11 is 0. The Morgan fingerprint density at radius 1 is 1.35 bits per heavy atom. The molecule has 3 rings (SSSR count). The van der Waals surface area contributed by atoms with Crippen molar-refractivity contribution in [3.05, 3.63) is 33.7 Å². The summed E-state index contributed by atoms with van der Waals surface area (Å²) in [5, 5.41) is 3.71. The van der Waals surface area contributed by atoms with Crippen LogP contribution < -0.4 is 10.9 Å². The van der Waals surface area contributed by atoms with E-state index in [4.69, 9.17) is 0 Å². The SMILES string of the molecule is CC(CNC1CCCc2[nH]c(=O)ccc21)N1CCCC1. The van der Waals surface area contributed by atoms with Crippen LogP contribution in [0.2, 0.25) is 0 Å². The average molecular weight is 275 g/mol. The number of aryl methyl sites for hydroxylation is 1. The van der Waals surface area contributed by atoms with Crippen LogP contribution in [0, 0.1) is 0 Å². The monoisotopic (exact) mass is 275 g/mol. The molecule has 0 saturated carbocycles. The molecule has 2 heterocycles. The van der Waals surface area contributed by atoms with Gasteiger partial charge in [0.05, 0.1) is 0 Å². The van der Waals surface area contributed by atoms with E-state index in [2.05, 4.69) is 22.1 Å². The van der Waals surface area contributed by atoms with Crippen LogP contribution >= 0.6 is 0 Å². The van der Waals surface area contributed by atoms with Crippen LogP contribution in [-0.4, -0.2) is 35.6 Å². The third kappa shape index (κ3) is 2.96. The largest absolute Gasteiger partial charge is 0.326 e. The highest BCUT2D eigenvalue weighted by atomic mass is 16.1. The van der Waals surface area contributed by atoms with Gasteiger partial charge in [0.2, 0.25) is 5.56 Å². The maximum Gasteiger partial charge on any atom is 0.248 e. The standard InChI is InChI=1S/C16H25N3O/c1-12(19-9-2-3-10-19)11-17-14-5-4-6-15-13(14)7-8-16(20)18-15/h7-8,12,14,17H,2-6,9-11H2,1H3,(H,18,20). The van der Waals surface area contributed by atoms with Crippen LogP contribution in [0.4, 0.5) is 0 Å². The summed E-state index contributed by atoms with van der Waals surface area (Å²) in [7, 11) is 0. The smallest absolute Gasteiger partial charge is 0.248 e. The minimum atomic E-state index is 0.0230. The van der Waals surface area contributed by atoms with Crippen molar-refractivity contribution in [2.75, 3.05) is 19.6 Å². The molecule has 2 N–H and O–H groups in total. The van der Waals surface area contributed by atoms with Gasteiger partial charge in [-0.05, 0) is 57.7 Å². The van der Waals surface area contributed by atoms with Gasteiger partial charge in [0.1, 0.15) is 0 Å². The molecule has 4 heteroatoms. The number of fused-ring (bicyclic) bond motifs is 1. The minimum Gasteiger partial charge on any atom is -0.326 e. The van der Waals surface area contributed by atoms with Crippen molar-refractivity contribution < 1.29 is 0 Å². The predicted molar refractivity (Wildman–Crippen MR) is 81.0 cm³/mol. The zero-order valence-electron chi connectivity index (χ0n) is 12.3. The second kappa shape index (κ2) is 6.10. The molecule has 1 aliphatic heterocycles. The third-order valence-electron chi connectivity index (χ3n) is 4.76. The lowest BCUT2D eigenvalue weighted by atomic mass is 9.91. The maximum absolute atomic E-state index is 11.4. The molecule has 0 aromatic carbocycles. The number of aromatic amines is 1. The fourth-order valence-electron chi connectivity index (χ4n) is 3.54. The van der Waals surface area contributed by atoms with E-state index in [9.17, 15) is 4.79 Å². The number of nitrogens with zero attached hydrogens (tertiary/aromatic N) is 1. The van der Waals surface area contributed by atoms with Crippen LogP contribution in [0.25, 0.3) is 0 Å². The highest BCUT2D eigenvalue weighted by Crippen LogP contribution is 2.27. The first-order valence-corrected chi connectivity index (χ1v) is 7.93. The van der Waals surface area contributed by atoms with Gasteiger partial charge >= 0.3 is 0 Å². The summed E-state index contributed by atoms with van der Waals surface area (Å²) in [5.41, 5.74) is 2.45. The fraction of sp³-hybridized carbons (Fsp3) is 0.688. The molecule has 1 aliphatic carbocycles. The molecular weight excluding hydrogens is 250 g/mol. The summed E-state index contributed by atoms with van der Waals surface area (Å²) in [6.07, 6.45) is 6.02. The Hall–Kier alpha value is -1.13. The Labute approximate surface area is 120 Å². The molecule has 0 spiro atoms. The van der Waals surface area contributed by atoms with Crippen molar-refractivity contribution in [2.45, 2.75) is 51.1 Å². The Morgan fingerprint density at radius 2 is 2.15 bits per heavy atom. The molecule has 1 fully saturated rings. The van der Waals surface area contributed by atoms with E-state index in [0.717, 1.165) is 25.1 Å². The van der Waals surface area contributed by atoms with Gasteiger partial charge < -0.3 is 10.3 Å². The van der Waals surface area contributed by atoms with Crippen LogP contribution in [0.15, 0.2) is 16.9 Å². The van der Waals surface area contributed by atoms with Gasteiger partial charge in [-0.3, -0.25) is 9.69 Å². The fourth-order valence-corrected chi connectivity index (χ4v) is 3.54. The van der Waals surface area contributed by atoms with E-state index in [1.807, 2.05) is 6.07 Å². The van der Waals surface area contributed by atoms with Crippen molar-refractivity contribution in [2.24, 2.45) is 0 Å². The number of hydrogen-bond donors (Lipinski definition) is 2. The second-order valence-electron chi connectivity index (χ2n) is 6.20. The van der Waals surface area contributed by atoms with Crippen molar-refractivity contribution in [3.8, 4) is 0 Å². The Balaban J connectivity index is 1.62. The van der Waals surface area contributed by atoms with Crippen LogP contribution in [0.1, 0.15) is 49.9 Å². The molecule has 4 nitrogen and oxygen atoms in total. The Kier molecular flexibility index (Phi) is 4.22. The Bertz CT molecular complexity index is 505. The summed E-state index contributed by atoms with van der Waals surface area (Å²) in [6, 6.07) is 4.67. The normalized spacial score (nSPS) is 24.6. The molecule has 110 valence electrons. The van der Waals surface area contributed by atoms with Gasteiger partial charge in [0.15, 0.2) is 0 Å².